The number of nitrogens with zero attached hydrogens (tertiary/aromatic N) is 3. The first-order valence-electron chi connectivity index (χ1n) is 8.23. The highest BCUT2D eigenvalue weighted by Gasteiger charge is 2.24. The molecule has 0 radical (unpaired) electrons. The number of aromatic amines is 1. The number of anilines is 1. The minimum Gasteiger partial charge on any atom is -0.493 e. The third kappa shape index (κ3) is 3.52. The Labute approximate surface area is 154 Å². The van der Waals surface area contributed by atoms with Crippen LogP contribution in [-0.4, -0.2) is 32.9 Å². The lowest BCUT2D eigenvalue weighted by Crippen LogP contribution is -2.20. The quantitative estimate of drug-likeness (QED) is 0.735. The molecule has 3 aromatic rings. The van der Waals surface area contributed by atoms with Gasteiger partial charge in [0.2, 0.25) is 5.91 Å². The van der Waals surface area contributed by atoms with Crippen molar-refractivity contribution in [1.82, 2.24) is 20.4 Å². The van der Waals surface area contributed by atoms with Crippen LogP contribution in [-0.2, 0) is 4.79 Å². The second-order valence-corrected chi connectivity index (χ2v) is 6.50. The first-order valence-corrected chi connectivity index (χ1v) is 8.61. The van der Waals surface area contributed by atoms with Crippen LogP contribution in [0.15, 0.2) is 42.7 Å². The van der Waals surface area contributed by atoms with E-state index in [0.29, 0.717) is 29.6 Å². The molecular weight excluding hydrogens is 354 g/mol. The standard InChI is InChI=1S/C18H16ClN5O2/c19-13-1-2-14-11(4-6-26-16(14)8-13)7-18(25)22-17-9-15(23-24-17)12-3-5-20-21-10-12/h1-3,5,8-11H,4,6-7H2,(H2,22,23,24,25)/t11-/m0/s1. The first kappa shape index (κ1) is 16.5. The fraction of sp³-hybridized carbons (Fsp3) is 0.222. The summed E-state index contributed by atoms with van der Waals surface area (Å²) in [6.45, 7) is 0.578. The predicted molar refractivity (Wildman–Crippen MR) is 97.2 cm³/mol. The third-order valence-corrected chi connectivity index (χ3v) is 4.54. The van der Waals surface area contributed by atoms with Gasteiger partial charge in [0.1, 0.15) is 11.6 Å². The van der Waals surface area contributed by atoms with Crippen molar-refractivity contribution in [3.05, 3.63) is 53.3 Å². The summed E-state index contributed by atoms with van der Waals surface area (Å²) in [5.41, 5.74) is 2.54. The largest absolute Gasteiger partial charge is 0.493 e. The highest BCUT2D eigenvalue weighted by atomic mass is 35.5. The minimum atomic E-state index is -0.0825. The van der Waals surface area contributed by atoms with Crippen molar-refractivity contribution in [3.8, 4) is 17.0 Å². The molecule has 1 aliphatic rings. The molecule has 1 atom stereocenters. The fourth-order valence-corrected chi connectivity index (χ4v) is 3.21. The van der Waals surface area contributed by atoms with Crippen molar-refractivity contribution in [2.75, 3.05) is 11.9 Å². The van der Waals surface area contributed by atoms with Crippen molar-refractivity contribution < 1.29 is 9.53 Å². The van der Waals surface area contributed by atoms with E-state index in [1.54, 1.807) is 30.6 Å². The zero-order chi connectivity index (χ0) is 17.9. The highest BCUT2D eigenvalue weighted by Crippen LogP contribution is 2.37. The number of fused-ring (bicyclic) bond motifs is 1. The number of carbonyl (C=O) groups excluding carboxylic acids is 1. The number of hydrogen-bond acceptors (Lipinski definition) is 5. The van der Waals surface area contributed by atoms with E-state index in [1.807, 2.05) is 12.1 Å². The summed E-state index contributed by atoms with van der Waals surface area (Å²) in [6.07, 6.45) is 4.37. The van der Waals surface area contributed by atoms with Gasteiger partial charge < -0.3 is 10.1 Å². The van der Waals surface area contributed by atoms with Gasteiger partial charge in [-0.15, -0.1) is 0 Å². The maximum Gasteiger partial charge on any atom is 0.226 e. The van der Waals surface area contributed by atoms with Gasteiger partial charge in [-0.3, -0.25) is 9.89 Å². The van der Waals surface area contributed by atoms with E-state index in [1.165, 1.54) is 0 Å². The molecule has 4 rings (SSSR count). The average Bonchev–Trinajstić information content (AvgIpc) is 3.11. The molecule has 7 nitrogen and oxygen atoms in total. The maximum absolute atomic E-state index is 12.5. The molecule has 0 saturated heterocycles. The van der Waals surface area contributed by atoms with E-state index < -0.39 is 0 Å². The summed E-state index contributed by atoms with van der Waals surface area (Å²) in [6, 6.07) is 9.12. The number of hydrogen-bond donors (Lipinski definition) is 2. The second kappa shape index (κ2) is 7.13. The summed E-state index contributed by atoms with van der Waals surface area (Å²) in [5.74, 6) is 1.32. The Morgan fingerprint density at radius 3 is 3.08 bits per heavy atom. The number of H-pyrrole nitrogens is 1. The molecule has 1 aliphatic heterocycles. The number of aromatic nitrogens is 4. The van der Waals surface area contributed by atoms with Gasteiger partial charge in [0, 0.05) is 23.1 Å². The molecule has 1 aromatic carbocycles. The molecule has 1 amide bonds. The molecule has 132 valence electrons. The number of rotatable bonds is 4. The van der Waals surface area contributed by atoms with Gasteiger partial charge >= 0.3 is 0 Å². The molecule has 8 heteroatoms. The Morgan fingerprint density at radius 2 is 2.23 bits per heavy atom. The molecule has 0 aliphatic carbocycles. The second-order valence-electron chi connectivity index (χ2n) is 6.07. The van der Waals surface area contributed by atoms with Gasteiger partial charge in [0.15, 0.2) is 0 Å². The van der Waals surface area contributed by atoms with E-state index in [0.717, 1.165) is 23.3 Å². The SMILES string of the molecule is O=C(C[C@@H]1CCOc2cc(Cl)ccc21)Nc1cc(-c2ccnnc2)n[nH]1. The Hall–Kier alpha value is -2.93. The molecule has 0 spiro atoms. The van der Waals surface area contributed by atoms with E-state index in [4.69, 9.17) is 16.3 Å². The molecule has 0 saturated carbocycles. The van der Waals surface area contributed by atoms with E-state index >= 15 is 0 Å². The zero-order valence-electron chi connectivity index (χ0n) is 13.8. The lowest BCUT2D eigenvalue weighted by molar-refractivity contribution is -0.116. The van der Waals surface area contributed by atoms with Crippen molar-refractivity contribution in [2.45, 2.75) is 18.8 Å². The number of nitrogens with one attached hydrogen (secondary N) is 2. The number of amides is 1. The zero-order valence-corrected chi connectivity index (χ0v) is 14.5. The Morgan fingerprint density at radius 1 is 1.31 bits per heavy atom. The van der Waals surface area contributed by atoms with E-state index in [2.05, 4.69) is 25.7 Å². The highest BCUT2D eigenvalue weighted by molar-refractivity contribution is 6.30. The molecule has 2 aromatic heterocycles. The monoisotopic (exact) mass is 369 g/mol. The van der Waals surface area contributed by atoms with Crippen LogP contribution < -0.4 is 10.1 Å². The Balaban J connectivity index is 1.43. The smallest absolute Gasteiger partial charge is 0.226 e. The van der Waals surface area contributed by atoms with Crippen molar-refractivity contribution in [3.63, 3.8) is 0 Å². The Bertz CT molecular complexity index is 928. The van der Waals surface area contributed by atoms with E-state index in [9.17, 15) is 4.79 Å². The summed E-state index contributed by atoms with van der Waals surface area (Å²) in [7, 11) is 0. The van der Waals surface area contributed by atoms with E-state index in [-0.39, 0.29) is 11.8 Å². The molecule has 3 heterocycles. The molecule has 0 fully saturated rings. The molecular formula is C18H16ClN5O2. The van der Waals surface area contributed by atoms with Crippen LogP contribution in [0.3, 0.4) is 0 Å². The van der Waals surface area contributed by atoms with Gasteiger partial charge in [-0.1, -0.05) is 17.7 Å². The van der Waals surface area contributed by atoms with Gasteiger partial charge in [-0.05, 0) is 36.1 Å². The van der Waals surface area contributed by atoms with Crippen LogP contribution >= 0.6 is 11.6 Å². The van der Waals surface area contributed by atoms with Crippen molar-refractivity contribution >= 4 is 23.3 Å². The third-order valence-electron chi connectivity index (χ3n) is 4.30. The predicted octanol–water partition coefficient (Wildman–Crippen LogP) is 3.42. The summed E-state index contributed by atoms with van der Waals surface area (Å²) >= 11 is 6.01. The van der Waals surface area contributed by atoms with Crippen molar-refractivity contribution in [1.29, 1.82) is 0 Å². The number of benzene rings is 1. The molecule has 0 unspecified atom stereocenters. The van der Waals surface area contributed by atoms with Crippen LogP contribution in [0.2, 0.25) is 5.02 Å². The molecule has 26 heavy (non-hydrogen) atoms. The fourth-order valence-electron chi connectivity index (χ4n) is 3.05. The lowest BCUT2D eigenvalue weighted by atomic mass is 9.90. The number of carbonyl (C=O) groups is 1. The van der Waals surface area contributed by atoms with Gasteiger partial charge in [0.05, 0.1) is 24.7 Å². The molecule has 2 N–H and O–H groups in total. The van der Waals surface area contributed by atoms with Crippen LogP contribution in [0.4, 0.5) is 5.82 Å². The summed E-state index contributed by atoms with van der Waals surface area (Å²) in [4.78, 5) is 12.5. The van der Waals surface area contributed by atoms with Crippen LogP contribution in [0.5, 0.6) is 5.75 Å². The number of ether oxygens (including phenoxy) is 1. The topological polar surface area (TPSA) is 92.8 Å². The maximum atomic E-state index is 12.5. The average molecular weight is 370 g/mol. The van der Waals surface area contributed by atoms with Crippen LogP contribution in [0.1, 0.15) is 24.3 Å². The van der Waals surface area contributed by atoms with Gasteiger partial charge in [-0.2, -0.15) is 15.3 Å². The lowest BCUT2D eigenvalue weighted by Gasteiger charge is -2.25. The van der Waals surface area contributed by atoms with Crippen LogP contribution in [0.25, 0.3) is 11.3 Å². The van der Waals surface area contributed by atoms with Gasteiger partial charge in [0.25, 0.3) is 0 Å². The number of halogens is 1. The van der Waals surface area contributed by atoms with Gasteiger partial charge in [-0.25, -0.2) is 0 Å². The summed E-state index contributed by atoms with van der Waals surface area (Å²) < 4.78 is 5.64. The Kier molecular flexibility index (Phi) is 4.53. The first-order chi connectivity index (χ1) is 12.7. The minimum absolute atomic E-state index is 0.0825. The normalized spacial score (nSPS) is 15.8. The van der Waals surface area contributed by atoms with Crippen molar-refractivity contribution in [2.24, 2.45) is 0 Å². The molecule has 0 bridgehead atoms. The van der Waals surface area contributed by atoms with Crippen LogP contribution in [0, 0.1) is 0 Å². The summed E-state index contributed by atoms with van der Waals surface area (Å²) in [5, 5.41) is 18.1.